The molecule has 0 aromatic heterocycles. The summed E-state index contributed by atoms with van der Waals surface area (Å²) in [6.07, 6.45) is -0.0815. The molecule has 5 nitrogen and oxygen atoms in total. The van der Waals surface area contributed by atoms with Crippen LogP contribution in [-0.4, -0.2) is 37.4 Å². The van der Waals surface area contributed by atoms with Gasteiger partial charge in [0.25, 0.3) is 0 Å². The van der Waals surface area contributed by atoms with Gasteiger partial charge in [-0.05, 0) is 12.8 Å². The molecule has 1 fully saturated rings. The molecule has 0 bridgehead atoms. The van der Waals surface area contributed by atoms with Gasteiger partial charge < -0.3 is 14.6 Å². The number of methoxy groups -OCH3 is 2. The van der Waals surface area contributed by atoms with Crippen molar-refractivity contribution >= 4 is 11.9 Å². The summed E-state index contributed by atoms with van der Waals surface area (Å²) in [5.74, 6) is -2.06. The van der Waals surface area contributed by atoms with Gasteiger partial charge in [0, 0.05) is 19.5 Å². The van der Waals surface area contributed by atoms with Gasteiger partial charge in [0.05, 0.1) is 32.2 Å². The van der Waals surface area contributed by atoms with Gasteiger partial charge >= 0.3 is 11.9 Å². The van der Waals surface area contributed by atoms with Gasteiger partial charge in [-0.3, -0.25) is 9.59 Å². The first-order valence-electron chi connectivity index (χ1n) is 4.43. The van der Waals surface area contributed by atoms with E-state index in [1.165, 1.54) is 14.2 Å². The Morgan fingerprint density at radius 2 is 1.40 bits per heavy atom. The van der Waals surface area contributed by atoms with Crippen LogP contribution in [0, 0.1) is 11.8 Å². The van der Waals surface area contributed by atoms with Crippen molar-refractivity contribution in [2.24, 2.45) is 11.8 Å². The molecule has 0 amide bonds. The Kier molecular flexibility index (Phi) is 5.98. The number of carbonyl (C=O) groups excluding carboxylic acids is 2. The molecule has 15 heavy (non-hydrogen) atoms. The number of ether oxygens (including phenoxy) is 2. The summed E-state index contributed by atoms with van der Waals surface area (Å²) in [6, 6.07) is 0. The number of esters is 2. The molecule has 2 atom stereocenters. The average molecular weight is 305 g/mol. The van der Waals surface area contributed by atoms with Gasteiger partial charge in [0.15, 0.2) is 0 Å². The number of aliphatic hydroxyl groups is 1. The summed E-state index contributed by atoms with van der Waals surface area (Å²) in [6.45, 7) is 0. The van der Waals surface area contributed by atoms with Crippen LogP contribution in [0.4, 0.5) is 0 Å². The topological polar surface area (TPSA) is 72.8 Å². The van der Waals surface area contributed by atoms with Crippen molar-refractivity contribution < 1.29 is 43.6 Å². The maximum atomic E-state index is 11.2. The largest absolute Gasteiger partial charge is 0.469 e. The minimum absolute atomic E-state index is 0. The van der Waals surface area contributed by atoms with Crippen LogP contribution in [0.25, 0.3) is 0 Å². The molecule has 1 N–H and O–H groups in total. The van der Waals surface area contributed by atoms with Crippen LogP contribution in [-0.2, 0) is 38.5 Å². The van der Waals surface area contributed by atoms with Gasteiger partial charge in [-0.1, -0.05) is 0 Å². The third-order valence-electron chi connectivity index (χ3n) is 2.55. The monoisotopic (exact) mass is 305 g/mol. The molecule has 0 aliphatic heterocycles. The molecule has 1 aliphatic rings. The molecule has 0 spiro atoms. The summed E-state index contributed by atoms with van der Waals surface area (Å²) in [7, 11) is 2.53. The molecule has 0 saturated heterocycles. The standard InChI is InChI=1S/C9H14O5.Rh/c1-13-8(11)6-3-5(10)4-7(6)9(12)14-2;/h5-7,10H,3-4H2,1-2H3;/t6-,7-;/m1./s1. The predicted octanol–water partition coefficient (Wildman–Crippen LogP) is -0.283. The first-order valence-corrected chi connectivity index (χ1v) is 4.43. The molecular formula is C9H14O5Rh. The zero-order chi connectivity index (χ0) is 10.7. The van der Waals surface area contributed by atoms with Crippen molar-refractivity contribution in [2.75, 3.05) is 14.2 Å². The Bertz CT molecular complexity index is 219. The van der Waals surface area contributed by atoms with Crippen molar-refractivity contribution in [1.29, 1.82) is 0 Å². The number of hydrogen-bond acceptors (Lipinski definition) is 5. The first-order chi connectivity index (χ1) is 6.60. The van der Waals surface area contributed by atoms with Gasteiger partial charge in [-0.25, -0.2) is 0 Å². The summed E-state index contributed by atoms with van der Waals surface area (Å²) < 4.78 is 9.10. The van der Waals surface area contributed by atoms with Crippen molar-refractivity contribution in [3.63, 3.8) is 0 Å². The van der Waals surface area contributed by atoms with E-state index in [0.29, 0.717) is 0 Å². The van der Waals surface area contributed by atoms with Crippen molar-refractivity contribution in [3.8, 4) is 0 Å². The Balaban J connectivity index is 0.00000196. The molecular weight excluding hydrogens is 291 g/mol. The molecule has 0 aromatic carbocycles. The Morgan fingerprint density at radius 1 is 1.07 bits per heavy atom. The van der Waals surface area contributed by atoms with Gasteiger partial charge in [-0.15, -0.1) is 0 Å². The van der Waals surface area contributed by atoms with Crippen LogP contribution in [0.2, 0.25) is 0 Å². The van der Waals surface area contributed by atoms with Gasteiger partial charge in [-0.2, -0.15) is 0 Å². The van der Waals surface area contributed by atoms with E-state index in [0.717, 1.165) is 0 Å². The second-order valence-electron chi connectivity index (χ2n) is 3.38. The number of hydrogen-bond donors (Lipinski definition) is 1. The maximum absolute atomic E-state index is 11.2. The van der Waals surface area contributed by atoms with Crippen molar-refractivity contribution in [2.45, 2.75) is 18.9 Å². The normalized spacial score (nSPS) is 25.5. The fourth-order valence-corrected chi connectivity index (χ4v) is 1.83. The molecule has 0 heterocycles. The SMILES string of the molecule is COC(=O)[C@@H]1CC(O)C[C@H]1C(=O)OC.[Rh]. The minimum atomic E-state index is -0.622. The van der Waals surface area contributed by atoms with Gasteiger partial charge in [0.2, 0.25) is 0 Å². The zero-order valence-electron chi connectivity index (χ0n) is 8.56. The van der Waals surface area contributed by atoms with Crippen LogP contribution in [0.5, 0.6) is 0 Å². The molecule has 1 aliphatic carbocycles. The molecule has 0 aromatic rings. The average Bonchev–Trinajstić information content (AvgIpc) is 2.58. The molecule has 1 rings (SSSR count). The fraction of sp³-hybridized carbons (Fsp3) is 0.778. The molecule has 1 radical (unpaired) electrons. The second-order valence-corrected chi connectivity index (χ2v) is 3.38. The Hall–Kier alpha value is -0.477. The third-order valence-corrected chi connectivity index (χ3v) is 2.55. The smallest absolute Gasteiger partial charge is 0.309 e. The number of carbonyl (C=O) groups is 2. The summed E-state index contributed by atoms with van der Waals surface area (Å²) in [5, 5.41) is 9.34. The summed E-state index contributed by atoms with van der Waals surface area (Å²) in [5.41, 5.74) is 0. The quantitative estimate of drug-likeness (QED) is 0.561. The molecule has 1 saturated carbocycles. The maximum Gasteiger partial charge on any atom is 0.309 e. The van der Waals surface area contributed by atoms with E-state index in [4.69, 9.17) is 0 Å². The predicted molar refractivity (Wildman–Crippen MR) is 46.3 cm³/mol. The molecule has 6 heteroatoms. The van der Waals surface area contributed by atoms with Crippen LogP contribution in [0.15, 0.2) is 0 Å². The molecule has 0 unspecified atom stereocenters. The van der Waals surface area contributed by atoms with E-state index in [1.54, 1.807) is 0 Å². The van der Waals surface area contributed by atoms with Crippen LogP contribution in [0.3, 0.4) is 0 Å². The van der Waals surface area contributed by atoms with Crippen LogP contribution in [0.1, 0.15) is 12.8 Å². The molecule has 89 valence electrons. The second kappa shape index (κ2) is 6.18. The number of aliphatic hydroxyl groups excluding tert-OH is 1. The van der Waals surface area contributed by atoms with Gasteiger partial charge in [0.1, 0.15) is 0 Å². The summed E-state index contributed by atoms with van der Waals surface area (Å²) in [4.78, 5) is 22.5. The minimum Gasteiger partial charge on any atom is -0.469 e. The third kappa shape index (κ3) is 3.25. The van der Waals surface area contributed by atoms with E-state index in [9.17, 15) is 14.7 Å². The van der Waals surface area contributed by atoms with E-state index < -0.39 is 29.9 Å². The summed E-state index contributed by atoms with van der Waals surface area (Å²) >= 11 is 0. The van der Waals surface area contributed by atoms with E-state index in [-0.39, 0.29) is 32.3 Å². The first kappa shape index (κ1) is 14.5. The van der Waals surface area contributed by atoms with E-state index in [2.05, 4.69) is 9.47 Å². The van der Waals surface area contributed by atoms with Crippen LogP contribution >= 0.6 is 0 Å². The fourth-order valence-electron chi connectivity index (χ4n) is 1.83. The van der Waals surface area contributed by atoms with Crippen LogP contribution < -0.4 is 0 Å². The van der Waals surface area contributed by atoms with E-state index in [1.807, 2.05) is 0 Å². The number of rotatable bonds is 2. The Morgan fingerprint density at radius 3 is 1.67 bits per heavy atom. The van der Waals surface area contributed by atoms with Crippen molar-refractivity contribution in [3.05, 3.63) is 0 Å². The Labute approximate surface area is 101 Å². The van der Waals surface area contributed by atoms with Crippen molar-refractivity contribution in [1.82, 2.24) is 0 Å². The zero-order valence-corrected chi connectivity index (χ0v) is 10.2. The van der Waals surface area contributed by atoms with E-state index >= 15 is 0 Å².